The molecule has 2 aliphatic rings. The molecule has 1 saturated heterocycles. The van der Waals surface area contributed by atoms with E-state index in [0.717, 1.165) is 38.7 Å². The van der Waals surface area contributed by atoms with Crippen molar-refractivity contribution in [3.05, 3.63) is 29.3 Å². The molecule has 0 N–H and O–H groups in total. The fraction of sp³-hybridized carbons (Fsp3) is 0.760. The van der Waals surface area contributed by atoms with Crippen LogP contribution in [0.25, 0.3) is 0 Å². The third-order valence-corrected chi connectivity index (χ3v) is 6.73. The van der Waals surface area contributed by atoms with Crippen molar-refractivity contribution in [2.45, 2.75) is 90.3 Å². The summed E-state index contributed by atoms with van der Waals surface area (Å²) in [4.78, 5) is 0. The standard InChI is InChI=1S/C25H38F2O3/c1-3-5-6-7-18-10-15-23(29-16-18)30-17-19-8-11-20(12-9-19)21-13-14-22(28-4-2)25(27)24(21)26/h13-14,18-20,23H,3-12,15-17H2,1-2H3. The van der Waals surface area contributed by atoms with Crippen LogP contribution in [0.15, 0.2) is 12.1 Å². The van der Waals surface area contributed by atoms with Crippen molar-refractivity contribution in [1.82, 2.24) is 0 Å². The van der Waals surface area contributed by atoms with Crippen molar-refractivity contribution in [3.63, 3.8) is 0 Å². The molecule has 1 heterocycles. The summed E-state index contributed by atoms with van der Waals surface area (Å²) in [7, 11) is 0. The van der Waals surface area contributed by atoms with Gasteiger partial charge in [0.05, 0.1) is 19.8 Å². The molecule has 0 spiro atoms. The molecule has 1 aromatic rings. The maximum atomic E-state index is 14.5. The molecular weight excluding hydrogens is 386 g/mol. The highest BCUT2D eigenvalue weighted by molar-refractivity contribution is 5.33. The molecule has 0 bridgehead atoms. The summed E-state index contributed by atoms with van der Waals surface area (Å²) in [6.07, 6.45) is 11.0. The van der Waals surface area contributed by atoms with Crippen molar-refractivity contribution in [1.29, 1.82) is 0 Å². The Labute approximate surface area is 180 Å². The van der Waals surface area contributed by atoms with Crippen molar-refractivity contribution < 1.29 is 23.0 Å². The van der Waals surface area contributed by atoms with Crippen LogP contribution in [0.4, 0.5) is 8.78 Å². The monoisotopic (exact) mass is 424 g/mol. The Morgan fingerprint density at radius 1 is 0.933 bits per heavy atom. The molecule has 3 rings (SSSR count). The molecule has 2 atom stereocenters. The molecule has 1 aliphatic carbocycles. The molecular formula is C25H38F2O3. The fourth-order valence-corrected chi connectivity index (χ4v) is 4.84. The van der Waals surface area contributed by atoms with E-state index in [9.17, 15) is 8.78 Å². The summed E-state index contributed by atoms with van der Waals surface area (Å²) in [5.74, 6) is -0.367. The van der Waals surface area contributed by atoms with E-state index < -0.39 is 11.6 Å². The smallest absolute Gasteiger partial charge is 0.200 e. The lowest BCUT2D eigenvalue weighted by molar-refractivity contribution is -0.183. The first-order valence-electron chi connectivity index (χ1n) is 12.0. The number of halogens is 2. The van der Waals surface area contributed by atoms with Crippen LogP contribution in [0.2, 0.25) is 0 Å². The first-order chi connectivity index (χ1) is 14.6. The topological polar surface area (TPSA) is 27.7 Å². The van der Waals surface area contributed by atoms with Crippen molar-refractivity contribution in [2.75, 3.05) is 19.8 Å². The van der Waals surface area contributed by atoms with Crippen molar-refractivity contribution in [2.24, 2.45) is 11.8 Å². The number of hydrogen-bond donors (Lipinski definition) is 0. The van der Waals surface area contributed by atoms with E-state index in [-0.39, 0.29) is 18.0 Å². The lowest BCUT2D eigenvalue weighted by Crippen LogP contribution is -2.30. The average molecular weight is 425 g/mol. The van der Waals surface area contributed by atoms with Gasteiger partial charge in [0, 0.05) is 0 Å². The van der Waals surface area contributed by atoms with Gasteiger partial charge in [-0.25, -0.2) is 4.39 Å². The molecule has 5 heteroatoms. The van der Waals surface area contributed by atoms with Crippen LogP contribution in [0.1, 0.15) is 89.5 Å². The fourth-order valence-electron chi connectivity index (χ4n) is 4.84. The molecule has 1 aromatic carbocycles. The molecule has 0 aromatic heterocycles. The predicted molar refractivity (Wildman–Crippen MR) is 115 cm³/mol. The third kappa shape index (κ3) is 6.40. The van der Waals surface area contributed by atoms with Gasteiger partial charge in [-0.3, -0.25) is 0 Å². The Kier molecular flexibility index (Phi) is 9.38. The van der Waals surface area contributed by atoms with E-state index >= 15 is 0 Å². The molecule has 1 saturated carbocycles. The Balaban J connectivity index is 1.38. The van der Waals surface area contributed by atoms with E-state index in [4.69, 9.17) is 14.2 Å². The maximum absolute atomic E-state index is 14.5. The van der Waals surface area contributed by atoms with E-state index in [0.29, 0.717) is 30.6 Å². The zero-order valence-corrected chi connectivity index (χ0v) is 18.6. The molecule has 2 fully saturated rings. The number of hydrogen-bond acceptors (Lipinski definition) is 3. The Bertz CT molecular complexity index is 636. The first-order valence-corrected chi connectivity index (χ1v) is 12.0. The summed E-state index contributed by atoms with van der Waals surface area (Å²) >= 11 is 0. The summed E-state index contributed by atoms with van der Waals surface area (Å²) < 4.78 is 45.8. The second-order valence-electron chi connectivity index (χ2n) is 8.97. The van der Waals surface area contributed by atoms with Crippen LogP contribution in [0, 0.1) is 23.5 Å². The zero-order valence-electron chi connectivity index (χ0n) is 18.6. The Morgan fingerprint density at radius 3 is 2.37 bits per heavy atom. The molecule has 30 heavy (non-hydrogen) atoms. The Hall–Kier alpha value is -1.20. The van der Waals surface area contributed by atoms with Gasteiger partial charge in [-0.2, -0.15) is 4.39 Å². The lowest BCUT2D eigenvalue weighted by atomic mass is 9.79. The SMILES string of the molecule is CCCCCC1CCC(OCC2CCC(c3ccc(OCC)c(F)c3F)CC2)OC1. The largest absolute Gasteiger partial charge is 0.491 e. The van der Waals surface area contributed by atoms with E-state index in [1.807, 2.05) is 0 Å². The van der Waals surface area contributed by atoms with Gasteiger partial charge in [0.2, 0.25) is 5.82 Å². The average Bonchev–Trinajstić information content (AvgIpc) is 2.77. The van der Waals surface area contributed by atoms with Crippen LogP contribution in [0.5, 0.6) is 5.75 Å². The van der Waals surface area contributed by atoms with Gasteiger partial charge in [-0.1, -0.05) is 32.3 Å². The van der Waals surface area contributed by atoms with Crippen LogP contribution in [0.3, 0.4) is 0 Å². The quantitative estimate of drug-likeness (QED) is 0.379. The number of benzene rings is 1. The van der Waals surface area contributed by atoms with Gasteiger partial charge in [-0.05, 0) is 81.3 Å². The molecule has 2 unspecified atom stereocenters. The maximum Gasteiger partial charge on any atom is 0.200 e. The van der Waals surface area contributed by atoms with Crippen LogP contribution in [-0.2, 0) is 9.47 Å². The van der Waals surface area contributed by atoms with Gasteiger partial charge in [0.1, 0.15) is 0 Å². The summed E-state index contributed by atoms with van der Waals surface area (Å²) in [5.41, 5.74) is 0.486. The summed E-state index contributed by atoms with van der Waals surface area (Å²) in [5, 5.41) is 0. The predicted octanol–water partition coefficient (Wildman–Crippen LogP) is 6.99. The van der Waals surface area contributed by atoms with Crippen LogP contribution < -0.4 is 4.74 Å². The highest BCUT2D eigenvalue weighted by Crippen LogP contribution is 2.39. The third-order valence-electron chi connectivity index (χ3n) is 6.73. The van der Waals surface area contributed by atoms with E-state index in [1.54, 1.807) is 19.1 Å². The minimum absolute atomic E-state index is 0.000852. The molecule has 1 aliphatic heterocycles. The Morgan fingerprint density at radius 2 is 1.70 bits per heavy atom. The first kappa shape index (κ1) is 23.5. The normalized spacial score (nSPS) is 27.2. The molecule has 0 radical (unpaired) electrons. The molecule has 170 valence electrons. The molecule has 3 nitrogen and oxygen atoms in total. The minimum atomic E-state index is -0.859. The van der Waals surface area contributed by atoms with Crippen molar-refractivity contribution in [3.8, 4) is 5.75 Å². The van der Waals surface area contributed by atoms with Gasteiger partial charge < -0.3 is 14.2 Å². The summed E-state index contributed by atoms with van der Waals surface area (Å²) in [6.45, 7) is 5.85. The minimum Gasteiger partial charge on any atom is -0.491 e. The number of unbranched alkanes of at least 4 members (excludes halogenated alkanes) is 2. The highest BCUT2D eigenvalue weighted by Gasteiger charge is 2.28. The van der Waals surface area contributed by atoms with Crippen molar-refractivity contribution >= 4 is 0 Å². The van der Waals surface area contributed by atoms with Crippen LogP contribution >= 0.6 is 0 Å². The zero-order chi connectivity index (χ0) is 21.3. The van der Waals surface area contributed by atoms with Gasteiger partial charge in [-0.15, -0.1) is 0 Å². The van der Waals surface area contributed by atoms with Crippen LogP contribution in [-0.4, -0.2) is 26.1 Å². The van der Waals surface area contributed by atoms with Gasteiger partial charge >= 0.3 is 0 Å². The number of ether oxygens (including phenoxy) is 3. The van der Waals surface area contributed by atoms with E-state index in [2.05, 4.69) is 6.92 Å². The van der Waals surface area contributed by atoms with E-state index in [1.165, 1.54) is 32.1 Å². The van der Waals surface area contributed by atoms with Gasteiger partial charge in [0.15, 0.2) is 17.9 Å². The highest BCUT2D eigenvalue weighted by atomic mass is 19.2. The lowest BCUT2D eigenvalue weighted by Gasteiger charge is -2.32. The second kappa shape index (κ2) is 12.0. The second-order valence-corrected chi connectivity index (χ2v) is 8.97. The summed E-state index contributed by atoms with van der Waals surface area (Å²) in [6, 6.07) is 3.25. The molecule has 0 amide bonds. The van der Waals surface area contributed by atoms with Gasteiger partial charge in [0.25, 0.3) is 0 Å². The number of rotatable bonds is 10.